The first-order chi connectivity index (χ1) is 9.31. The summed E-state index contributed by atoms with van der Waals surface area (Å²) in [5.41, 5.74) is 6.96. The molecule has 3 N–H and O–H groups in total. The van der Waals surface area contributed by atoms with E-state index >= 15 is 0 Å². The molecule has 0 radical (unpaired) electrons. The van der Waals surface area contributed by atoms with Crippen LogP contribution in [0, 0.1) is 5.92 Å². The van der Waals surface area contributed by atoms with Crippen LogP contribution in [0.5, 0.6) is 0 Å². The number of amides is 1. The normalized spacial score (nSPS) is 14.6. The summed E-state index contributed by atoms with van der Waals surface area (Å²) in [6.45, 7) is 2.11. The number of benzene rings is 1. The molecule has 0 aliphatic carbocycles. The third kappa shape index (κ3) is 5.71. The fraction of sp³-hybridized carbons (Fsp3) is 0.500. The highest BCUT2D eigenvalue weighted by Gasteiger charge is 2.21. The Morgan fingerprint density at radius 3 is 2.45 bits per heavy atom. The highest BCUT2D eigenvalue weighted by Crippen LogP contribution is 2.18. The Labute approximate surface area is 120 Å². The molecule has 1 rings (SSSR count). The average Bonchev–Trinajstić information content (AvgIpc) is 2.41. The van der Waals surface area contributed by atoms with E-state index in [2.05, 4.69) is 5.32 Å². The lowest BCUT2D eigenvalue weighted by Crippen LogP contribution is -2.36. The van der Waals surface area contributed by atoms with Crippen LogP contribution in [0.15, 0.2) is 30.3 Å². The maximum absolute atomic E-state index is 11.9. The van der Waals surface area contributed by atoms with E-state index < -0.39 is 9.84 Å². The van der Waals surface area contributed by atoms with E-state index in [1.54, 1.807) is 6.92 Å². The molecule has 1 aromatic carbocycles. The molecule has 0 spiro atoms. The van der Waals surface area contributed by atoms with Gasteiger partial charge in [-0.2, -0.15) is 0 Å². The molecule has 5 nitrogen and oxygen atoms in total. The molecule has 0 aliphatic rings. The molecule has 0 saturated heterocycles. The molecule has 0 aromatic heterocycles. The van der Waals surface area contributed by atoms with Crippen molar-refractivity contribution in [2.45, 2.75) is 19.4 Å². The molecule has 1 amide bonds. The quantitative estimate of drug-likeness (QED) is 0.731. The summed E-state index contributed by atoms with van der Waals surface area (Å²) >= 11 is 0. The summed E-state index contributed by atoms with van der Waals surface area (Å²) in [6.07, 6.45) is 1.60. The lowest BCUT2D eigenvalue weighted by molar-refractivity contribution is -0.125. The van der Waals surface area contributed by atoms with E-state index in [0.29, 0.717) is 13.0 Å². The van der Waals surface area contributed by atoms with Gasteiger partial charge in [0, 0.05) is 18.8 Å². The Hall–Kier alpha value is -1.40. The first-order valence-electron chi connectivity index (χ1n) is 6.57. The fourth-order valence-corrected chi connectivity index (χ4v) is 2.50. The molecule has 0 heterocycles. The zero-order chi connectivity index (χ0) is 15.2. The van der Waals surface area contributed by atoms with Crippen LogP contribution >= 0.6 is 0 Å². The maximum Gasteiger partial charge on any atom is 0.224 e. The smallest absolute Gasteiger partial charge is 0.224 e. The molecule has 20 heavy (non-hydrogen) atoms. The van der Waals surface area contributed by atoms with Gasteiger partial charge < -0.3 is 11.1 Å². The molecule has 0 aliphatic heterocycles. The second-order valence-electron chi connectivity index (χ2n) is 5.00. The average molecular weight is 298 g/mol. The molecule has 0 saturated carbocycles. The first-order valence-corrected chi connectivity index (χ1v) is 8.63. The van der Waals surface area contributed by atoms with Crippen LogP contribution in [-0.4, -0.2) is 32.9 Å². The third-order valence-corrected chi connectivity index (χ3v) is 4.16. The summed E-state index contributed by atoms with van der Waals surface area (Å²) in [5.74, 6) is -0.447. The monoisotopic (exact) mass is 298 g/mol. The minimum Gasteiger partial charge on any atom is -0.356 e. The molecule has 112 valence electrons. The van der Waals surface area contributed by atoms with E-state index in [0.717, 1.165) is 5.56 Å². The lowest BCUT2D eigenvalue weighted by atomic mass is 9.95. The molecule has 2 atom stereocenters. The number of rotatable bonds is 7. The van der Waals surface area contributed by atoms with Gasteiger partial charge in [0.05, 0.1) is 11.7 Å². The highest BCUT2D eigenvalue weighted by molar-refractivity contribution is 7.90. The first kappa shape index (κ1) is 16.7. The fourth-order valence-electron chi connectivity index (χ4n) is 1.83. The van der Waals surface area contributed by atoms with Gasteiger partial charge in [0.1, 0.15) is 9.84 Å². The number of nitrogens with two attached hydrogens (primary N) is 1. The van der Waals surface area contributed by atoms with Gasteiger partial charge in [0.25, 0.3) is 0 Å². The number of carbonyl (C=O) groups is 1. The molecular weight excluding hydrogens is 276 g/mol. The van der Waals surface area contributed by atoms with Crippen LogP contribution in [0.25, 0.3) is 0 Å². The zero-order valence-electron chi connectivity index (χ0n) is 11.9. The van der Waals surface area contributed by atoms with Gasteiger partial charge in [0.15, 0.2) is 0 Å². The van der Waals surface area contributed by atoms with Crippen LogP contribution in [0.4, 0.5) is 0 Å². The van der Waals surface area contributed by atoms with Gasteiger partial charge in [-0.3, -0.25) is 4.79 Å². The Morgan fingerprint density at radius 1 is 1.30 bits per heavy atom. The van der Waals surface area contributed by atoms with E-state index in [9.17, 15) is 13.2 Å². The number of sulfone groups is 1. The van der Waals surface area contributed by atoms with Crippen LogP contribution in [-0.2, 0) is 14.6 Å². The Morgan fingerprint density at radius 2 is 1.90 bits per heavy atom. The largest absolute Gasteiger partial charge is 0.356 e. The minimum absolute atomic E-state index is 0.0758. The molecule has 2 unspecified atom stereocenters. The summed E-state index contributed by atoms with van der Waals surface area (Å²) < 4.78 is 21.9. The number of nitrogens with one attached hydrogen (secondary N) is 1. The highest BCUT2D eigenvalue weighted by atomic mass is 32.2. The number of hydrogen-bond acceptors (Lipinski definition) is 4. The van der Waals surface area contributed by atoms with Crippen molar-refractivity contribution in [1.29, 1.82) is 0 Å². The topological polar surface area (TPSA) is 89.3 Å². The Kier molecular flexibility index (Phi) is 6.16. The van der Waals surface area contributed by atoms with Gasteiger partial charge in [-0.1, -0.05) is 37.3 Å². The van der Waals surface area contributed by atoms with Crippen molar-refractivity contribution in [3.05, 3.63) is 35.9 Å². The van der Waals surface area contributed by atoms with Crippen molar-refractivity contribution >= 4 is 15.7 Å². The lowest BCUT2D eigenvalue weighted by Gasteiger charge is -2.19. The molecule has 0 bridgehead atoms. The summed E-state index contributed by atoms with van der Waals surface area (Å²) in [6, 6.07) is 9.06. The number of carbonyl (C=O) groups excluding carboxylic acids is 1. The second kappa shape index (κ2) is 7.40. The summed E-state index contributed by atoms with van der Waals surface area (Å²) in [7, 11) is -2.98. The molecular formula is C14H22N2O3S. The summed E-state index contributed by atoms with van der Waals surface area (Å²) in [5, 5.41) is 2.72. The van der Waals surface area contributed by atoms with Crippen molar-refractivity contribution in [2.24, 2.45) is 11.7 Å². The van der Waals surface area contributed by atoms with Crippen LogP contribution in [0.1, 0.15) is 24.9 Å². The van der Waals surface area contributed by atoms with Crippen molar-refractivity contribution in [2.75, 3.05) is 18.6 Å². The van der Waals surface area contributed by atoms with Crippen LogP contribution in [0.2, 0.25) is 0 Å². The van der Waals surface area contributed by atoms with Gasteiger partial charge >= 0.3 is 0 Å². The van der Waals surface area contributed by atoms with Crippen molar-refractivity contribution < 1.29 is 13.2 Å². The molecule has 0 fully saturated rings. The summed E-state index contributed by atoms with van der Waals surface area (Å²) in [4.78, 5) is 11.9. The van der Waals surface area contributed by atoms with E-state index in [-0.39, 0.29) is 23.6 Å². The van der Waals surface area contributed by atoms with Crippen molar-refractivity contribution in [3.8, 4) is 0 Å². The predicted octanol–water partition coefficient (Wildman–Crippen LogP) is 0.873. The van der Waals surface area contributed by atoms with Crippen molar-refractivity contribution in [3.63, 3.8) is 0 Å². The molecule has 1 aromatic rings. The SMILES string of the molecule is CC(C(=O)NCCCS(C)(=O)=O)C(N)c1ccccc1. The van der Waals surface area contributed by atoms with E-state index in [4.69, 9.17) is 5.73 Å². The van der Waals surface area contributed by atoms with E-state index in [1.165, 1.54) is 6.26 Å². The Balaban J connectivity index is 2.43. The zero-order valence-corrected chi connectivity index (χ0v) is 12.7. The van der Waals surface area contributed by atoms with Gasteiger partial charge in [0.2, 0.25) is 5.91 Å². The Bertz CT molecular complexity index is 529. The maximum atomic E-state index is 11.9. The second-order valence-corrected chi connectivity index (χ2v) is 7.26. The third-order valence-electron chi connectivity index (χ3n) is 3.13. The minimum atomic E-state index is -2.98. The van der Waals surface area contributed by atoms with Gasteiger partial charge in [-0.25, -0.2) is 8.42 Å². The van der Waals surface area contributed by atoms with Crippen LogP contribution < -0.4 is 11.1 Å². The van der Waals surface area contributed by atoms with Crippen molar-refractivity contribution in [1.82, 2.24) is 5.32 Å². The van der Waals surface area contributed by atoms with Crippen LogP contribution in [0.3, 0.4) is 0 Å². The molecule has 6 heteroatoms. The number of hydrogen-bond donors (Lipinski definition) is 2. The van der Waals surface area contributed by atoms with Gasteiger partial charge in [-0.15, -0.1) is 0 Å². The standard InChI is InChI=1S/C14H22N2O3S/c1-11(13(15)12-7-4-3-5-8-12)14(17)16-9-6-10-20(2,18)19/h3-5,7-8,11,13H,6,9-10,15H2,1-2H3,(H,16,17). The van der Waals surface area contributed by atoms with Gasteiger partial charge in [-0.05, 0) is 12.0 Å². The predicted molar refractivity (Wildman–Crippen MR) is 79.9 cm³/mol. The van der Waals surface area contributed by atoms with E-state index in [1.807, 2.05) is 30.3 Å².